The lowest BCUT2D eigenvalue weighted by Crippen LogP contribution is -2.21. The fourth-order valence-electron chi connectivity index (χ4n) is 2.67. The lowest BCUT2D eigenvalue weighted by Gasteiger charge is -2.12. The molecule has 4 heteroatoms. The van der Waals surface area contributed by atoms with E-state index in [4.69, 9.17) is 5.73 Å². The van der Waals surface area contributed by atoms with Gasteiger partial charge in [0.1, 0.15) is 0 Å². The van der Waals surface area contributed by atoms with Crippen LogP contribution in [0.5, 0.6) is 0 Å². The SMILES string of the molecule is CCC(N)Cc1cccc2ccn(Cc3cc(Br)cs3)c12. The average Bonchev–Trinajstić information content (AvgIpc) is 3.07. The van der Waals surface area contributed by atoms with Gasteiger partial charge in [0.25, 0.3) is 0 Å². The first-order valence-corrected chi connectivity index (χ1v) is 8.90. The Hall–Kier alpha value is -1.10. The minimum absolute atomic E-state index is 0.231. The second-order valence-corrected chi connectivity index (χ2v) is 7.31. The molecule has 0 bridgehead atoms. The predicted octanol–water partition coefficient (Wildman–Crippen LogP) is 4.79. The van der Waals surface area contributed by atoms with Crippen LogP contribution in [-0.2, 0) is 13.0 Å². The second kappa shape index (κ2) is 6.34. The van der Waals surface area contributed by atoms with Crippen LogP contribution in [0.25, 0.3) is 10.9 Å². The number of aromatic nitrogens is 1. The molecule has 3 rings (SSSR count). The summed E-state index contributed by atoms with van der Waals surface area (Å²) in [5.41, 5.74) is 8.83. The Morgan fingerprint density at radius 3 is 2.90 bits per heavy atom. The zero-order valence-electron chi connectivity index (χ0n) is 12.1. The molecule has 0 fully saturated rings. The molecule has 3 aromatic rings. The van der Waals surface area contributed by atoms with Gasteiger partial charge in [-0.05, 0) is 51.9 Å². The lowest BCUT2D eigenvalue weighted by atomic mass is 10.0. The molecule has 2 heterocycles. The van der Waals surface area contributed by atoms with Gasteiger partial charge < -0.3 is 10.3 Å². The summed E-state index contributed by atoms with van der Waals surface area (Å²) < 4.78 is 3.50. The van der Waals surface area contributed by atoms with Crippen LogP contribution >= 0.6 is 27.3 Å². The number of thiophene rings is 1. The van der Waals surface area contributed by atoms with E-state index in [9.17, 15) is 0 Å². The van der Waals surface area contributed by atoms with Crippen molar-refractivity contribution in [3.8, 4) is 0 Å². The van der Waals surface area contributed by atoms with Crippen molar-refractivity contribution in [2.45, 2.75) is 32.4 Å². The Kier molecular flexibility index (Phi) is 4.48. The van der Waals surface area contributed by atoms with Crippen LogP contribution in [0.4, 0.5) is 0 Å². The number of hydrogen-bond acceptors (Lipinski definition) is 2. The van der Waals surface area contributed by atoms with Gasteiger partial charge in [-0.3, -0.25) is 0 Å². The highest BCUT2D eigenvalue weighted by molar-refractivity contribution is 9.10. The molecule has 0 aliphatic carbocycles. The molecule has 0 saturated heterocycles. The summed E-state index contributed by atoms with van der Waals surface area (Å²) in [6, 6.07) is 11.1. The van der Waals surface area contributed by atoms with E-state index in [0.717, 1.165) is 23.9 Å². The second-order valence-electron chi connectivity index (χ2n) is 5.40. The third-order valence-electron chi connectivity index (χ3n) is 3.83. The fraction of sp³-hybridized carbons (Fsp3) is 0.294. The van der Waals surface area contributed by atoms with E-state index < -0.39 is 0 Å². The highest BCUT2D eigenvalue weighted by Crippen LogP contribution is 2.25. The first-order chi connectivity index (χ1) is 10.2. The molecule has 2 aromatic heterocycles. The molecule has 0 radical (unpaired) electrons. The molecule has 110 valence electrons. The van der Waals surface area contributed by atoms with Crippen LogP contribution in [0.15, 0.2) is 46.4 Å². The summed E-state index contributed by atoms with van der Waals surface area (Å²) in [5, 5.41) is 3.43. The normalized spacial score (nSPS) is 12.9. The van der Waals surface area contributed by atoms with E-state index >= 15 is 0 Å². The fourth-order valence-corrected chi connectivity index (χ4v) is 4.12. The number of fused-ring (bicyclic) bond motifs is 1. The van der Waals surface area contributed by atoms with Gasteiger partial charge in [-0.25, -0.2) is 0 Å². The van der Waals surface area contributed by atoms with Crippen molar-refractivity contribution in [2.24, 2.45) is 5.73 Å². The number of rotatable bonds is 5. The monoisotopic (exact) mass is 362 g/mol. The molecule has 0 aliphatic rings. The summed E-state index contributed by atoms with van der Waals surface area (Å²) in [4.78, 5) is 1.36. The number of hydrogen-bond donors (Lipinski definition) is 1. The summed E-state index contributed by atoms with van der Waals surface area (Å²) >= 11 is 5.32. The van der Waals surface area contributed by atoms with Crippen LogP contribution in [0.1, 0.15) is 23.8 Å². The summed E-state index contributed by atoms with van der Waals surface area (Å²) in [7, 11) is 0. The van der Waals surface area contributed by atoms with Crippen LogP contribution in [0.3, 0.4) is 0 Å². The van der Waals surface area contributed by atoms with Gasteiger partial charge in [-0.1, -0.05) is 25.1 Å². The van der Waals surface area contributed by atoms with Crippen LogP contribution in [0, 0.1) is 0 Å². The third kappa shape index (κ3) is 3.23. The molecule has 0 amide bonds. The zero-order chi connectivity index (χ0) is 14.8. The molecule has 0 saturated carbocycles. The summed E-state index contributed by atoms with van der Waals surface area (Å²) in [6.07, 6.45) is 4.13. The first kappa shape index (κ1) is 14.8. The standard InChI is InChI=1S/C17H19BrN2S/c1-2-15(19)8-13-5-3-4-12-6-7-20(17(12)13)10-16-9-14(18)11-21-16/h3-7,9,11,15H,2,8,10,19H2,1H3. The maximum absolute atomic E-state index is 6.16. The van der Waals surface area contributed by atoms with Crippen molar-refractivity contribution < 1.29 is 0 Å². The lowest BCUT2D eigenvalue weighted by molar-refractivity contribution is 0.646. The molecular weight excluding hydrogens is 344 g/mol. The Labute approximate surface area is 137 Å². The van der Waals surface area contributed by atoms with Crippen LogP contribution in [-0.4, -0.2) is 10.6 Å². The van der Waals surface area contributed by atoms with Gasteiger partial charge in [0.15, 0.2) is 0 Å². The number of para-hydroxylation sites is 1. The van der Waals surface area contributed by atoms with Gasteiger partial charge in [-0.2, -0.15) is 0 Å². The van der Waals surface area contributed by atoms with E-state index in [0.29, 0.717) is 0 Å². The average molecular weight is 363 g/mol. The van der Waals surface area contributed by atoms with Gasteiger partial charge in [0, 0.05) is 27.0 Å². The van der Waals surface area contributed by atoms with Crippen molar-refractivity contribution in [1.29, 1.82) is 0 Å². The van der Waals surface area contributed by atoms with Crippen molar-refractivity contribution in [1.82, 2.24) is 4.57 Å². The minimum Gasteiger partial charge on any atom is -0.342 e. The number of halogens is 1. The van der Waals surface area contributed by atoms with E-state index in [1.807, 2.05) is 0 Å². The van der Waals surface area contributed by atoms with Gasteiger partial charge >= 0.3 is 0 Å². The van der Waals surface area contributed by atoms with Crippen molar-refractivity contribution in [3.63, 3.8) is 0 Å². The quantitative estimate of drug-likeness (QED) is 0.694. The molecular formula is C17H19BrN2S. The molecule has 1 aromatic carbocycles. The van der Waals surface area contributed by atoms with E-state index in [2.05, 4.69) is 69.3 Å². The number of nitrogens with two attached hydrogens (primary N) is 1. The van der Waals surface area contributed by atoms with Crippen LogP contribution in [0.2, 0.25) is 0 Å². The first-order valence-electron chi connectivity index (χ1n) is 7.22. The Morgan fingerprint density at radius 2 is 2.19 bits per heavy atom. The maximum atomic E-state index is 6.16. The largest absolute Gasteiger partial charge is 0.342 e. The molecule has 1 unspecified atom stereocenters. The summed E-state index contributed by atoms with van der Waals surface area (Å²) in [6.45, 7) is 3.06. The van der Waals surface area contributed by atoms with Gasteiger partial charge in [-0.15, -0.1) is 11.3 Å². The smallest absolute Gasteiger partial charge is 0.0569 e. The summed E-state index contributed by atoms with van der Waals surface area (Å²) in [5.74, 6) is 0. The highest BCUT2D eigenvalue weighted by atomic mass is 79.9. The molecule has 0 spiro atoms. The maximum Gasteiger partial charge on any atom is 0.0569 e. The number of nitrogens with zero attached hydrogens (tertiary/aromatic N) is 1. The van der Waals surface area contributed by atoms with Crippen molar-refractivity contribution in [2.75, 3.05) is 0 Å². The Balaban J connectivity index is 1.98. The molecule has 2 nitrogen and oxygen atoms in total. The van der Waals surface area contributed by atoms with Crippen molar-refractivity contribution >= 4 is 38.2 Å². The van der Waals surface area contributed by atoms with Crippen molar-refractivity contribution in [3.05, 3.63) is 56.8 Å². The van der Waals surface area contributed by atoms with E-state index in [1.54, 1.807) is 11.3 Å². The molecule has 0 aliphatic heterocycles. The Morgan fingerprint density at radius 1 is 1.33 bits per heavy atom. The zero-order valence-corrected chi connectivity index (χ0v) is 14.5. The topological polar surface area (TPSA) is 30.9 Å². The molecule has 21 heavy (non-hydrogen) atoms. The van der Waals surface area contributed by atoms with Gasteiger partial charge in [0.05, 0.1) is 12.1 Å². The van der Waals surface area contributed by atoms with Crippen LogP contribution < -0.4 is 5.73 Å². The highest BCUT2D eigenvalue weighted by Gasteiger charge is 2.10. The minimum atomic E-state index is 0.231. The van der Waals surface area contributed by atoms with E-state index in [-0.39, 0.29) is 6.04 Å². The number of benzene rings is 1. The molecule has 2 N–H and O–H groups in total. The Bertz CT molecular complexity index is 744. The predicted molar refractivity (Wildman–Crippen MR) is 95.0 cm³/mol. The molecule has 1 atom stereocenters. The third-order valence-corrected chi connectivity index (χ3v) is 5.51. The van der Waals surface area contributed by atoms with E-state index in [1.165, 1.54) is 21.3 Å². The van der Waals surface area contributed by atoms with Gasteiger partial charge in [0.2, 0.25) is 0 Å².